The number of benzene rings is 2. The molecular weight excluding hydrogens is 427 g/mol. The van der Waals surface area contributed by atoms with Crippen LogP contribution in [-0.4, -0.2) is 59.4 Å². The van der Waals surface area contributed by atoms with Gasteiger partial charge in [-0.2, -0.15) is 4.68 Å². The smallest absolute Gasteiger partial charge is 0.346 e. The van der Waals surface area contributed by atoms with E-state index in [9.17, 15) is 0 Å². The Kier molecular flexibility index (Phi) is 11.1. The summed E-state index contributed by atoms with van der Waals surface area (Å²) < 4.78 is 13.0. The van der Waals surface area contributed by atoms with Crippen LogP contribution in [0.2, 0.25) is 0 Å². The Bertz CT molecular complexity index is 877. The normalized spacial score (nSPS) is 10.3. The summed E-state index contributed by atoms with van der Waals surface area (Å²) in [5.41, 5.74) is 1.94. The third kappa shape index (κ3) is 7.14. The van der Waals surface area contributed by atoms with E-state index in [4.69, 9.17) is 9.47 Å². The number of methoxy groups -OCH3 is 1. The summed E-state index contributed by atoms with van der Waals surface area (Å²) in [7, 11) is 5.78. The SMILES string of the molecule is COc1cc(CNCCCN(C)C)ccc1Oc1nnnn1-c1ccccc1.Cl.Cl. The molecule has 0 amide bonds. The first-order valence-electron chi connectivity index (χ1n) is 9.21. The van der Waals surface area contributed by atoms with E-state index in [2.05, 4.69) is 39.8 Å². The van der Waals surface area contributed by atoms with E-state index < -0.39 is 0 Å². The third-order valence-electron chi connectivity index (χ3n) is 4.16. The lowest BCUT2D eigenvalue weighted by Gasteiger charge is -2.12. The lowest BCUT2D eigenvalue weighted by molar-refractivity contribution is 0.362. The number of nitrogens with zero attached hydrogens (tertiary/aromatic N) is 5. The van der Waals surface area contributed by atoms with Gasteiger partial charge < -0.3 is 19.7 Å². The van der Waals surface area contributed by atoms with Gasteiger partial charge in [0.1, 0.15) is 0 Å². The van der Waals surface area contributed by atoms with Crippen molar-refractivity contribution in [2.45, 2.75) is 13.0 Å². The second kappa shape index (κ2) is 13.0. The van der Waals surface area contributed by atoms with Crippen molar-refractivity contribution in [1.29, 1.82) is 0 Å². The molecule has 3 aromatic rings. The Morgan fingerprint density at radius 1 is 1.03 bits per heavy atom. The Hall–Kier alpha value is -2.39. The van der Waals surface area contributed by atoms with Gasteiger partial charge in [-0.15, -0.1) is 24.8 Å². The highest BCUT2D eigenvalue weighted by molar-refractivity contribution is 5.85. The van der Waals surface area contributed by atoms with Crippen LogP contribution in [-0.2, 0) is 6.54 Å². The minimum Gasteiger partial charge on any atom is -0.493 e. The Labute approximate surface area is 189 Å². The fourth-order valence-electron chi connectivity index (χ4n) is 2.73. The molecule has 30 heavy (non-hydrogen) atoms. The van der Waals surface area contributed by atoms with Crippen LogP contribution < -0.4 is 14.8 Å². The van der Waals surface area contributed by atoms with E-state index in [0.717, 1.165) is 37.3 Å². The number of rotatable bonds is 10. The Balaban J connectivity index is 0.00000225. The van der Waals surface area contributed by atoms with Gasteiger partial charge in [-0.3, -0.25) is 0 Å². The van der Waals surface area contributed by atoms with Gasteiger partial charge in [-0.05, 0) is 73.9 Å². The van der Waals surface area contributed by atoms with Crippen LogP contribution in [0.4, 0.5) is 0 Å². The van der Waals surface area contributed by atoms with Gasteiger partial charge in [-0.1, -0.05) is 29.4 Å². The maximum absolute atomic E-state index is 5.93. The first-order chi connectivity index (χ1) is 13.7. The first-order valence-corrected chi connectivity index (χ1v) is 9.21. The minimum atomic E-state index is 0. The van der Waals surface area contributed by atoms with Crippen LogP contribution in [0.15, 0.2) is 48.5 Å². The van der Waals surface area contributed by atoms with Crippen molar-refractivity contribution in [1.82, 2.24) is 30.4 Å². The molecule has 10 heteroatoms. The summed E-state index contributed by atoms with van der Waals surface area (Å²) in [5, 5.41) is 15.1. The van der Waals surface area contributed by atoms with Crippen LogP contribution in [0.5, 0.6) is 17.5 Å². The second-order valence-electron chi connectivity index (χ2n) is 6.63. The topological polar surface area (TPSA) is 77.3 Å². The zero-order valence-corrected chi connectivity index (χ0v) is 18.9. The maximum Gasteiger partial charge on any atom is 0.346 e. The van der Waals surface area contributed by atoms with E-state index >= 15 is 0 Å². The average molecular weight is 455 g/mol. The molecular formula is C20H28Cl2N6O2. The summed E-state index contributed by atoms with van der Waals surface area (Å²) in [6, 6.07) is 15.7. The number of para-hydroxylation sites is 1. The van der Waals surface area contributed by atoms with Crippen molar-refractivity contribution >= 4 is 24.8 Å². The monoisotopic (exact) mass is 454 g/mol. The largest absolute Gasteiger partial charge is 0.493 e. The minimum absolute atomic E-state index is 0. The van der Waals surface area contributed by atoms with Crippen molar-refractivity contribution in [3.05, 3.63) is 54.1 Å². The number of aromatic nitrogens is 4. The second-order valence-corrected chi connectivity index (χ2v) is 6.63. The van der Waals surface area contributed by atoms with E-state index in [1.807, 2.05) is 48.5 Å². The first kappa shape index (κ1) is 25.6. The molecule has 1 heterocycles. The van der Waals surface area contributed by atoms with Gasteiger partial charge in [0, 0.05) is 6.54 Å². The average Bonchev–Trinajstić information content (AvgIpc) is 3.17. The summed E-state index contributed by atoms with van der Waals surface area (Å²) in [6.45, 7) is 2.80. The van der Waals surface area contributed by atoms with E-state index in [1.54, 1.807) is 11.8 Å². The Morgan fingerprint density at radius 2 is 1.80 bits per heavy atom. The molecule has 1 aromatic heterocycles. The van der Waals surface area contributed by atoms with E-state index in [-0.39, 0.29) is 30.8 Å². The number of tetrazole rings is 1. The molecule has 2 aromatic carbocycles. The molecule has 164 valence electrons. The zero-order valence-electron chi connectivity index (χ0n) is 17.3. The molecule has 0 atom stereocenters. The van der Waals surface area contributed by atoms with Crippen molar-refractivity contribution in [3.8, 4) is 23.2 Å². The van der Waals surface area contributed by atoms with Crippen molar-refractivity contribution in [2.24, 2.45) is 0 Å². The molecule has 0 radical (unpaired) electrons. The van der Waals surface area contributed by atoms with Gasteiger partial charge in [0.25, 0.3) is 0 Å². The van der Waals surface area contributed by atoms with Crippen LogP contribution in [0, 0.1) is 0 Å². The highest BCUT2D eigenvalue weighted by Gasteiger charge is 2.14. The molecule has 8 nitrogen and oxygen atoms in total. The lowest BCUT2D eigenvalue weighted by Crippen LogP contribution is -2.21. The molecule has 1 N–H and O–H groups in total. The number of hydrogen-bond acceptors (Lipinski definition) is 7. The molecule has 0 aliphatic heterocycles. The van der Waals surface area contributed by atoms with E-state index in [1.165, 1.54) is 0 Å². The molecule has 0 spiro atoms. The van der Waals surface area contributed by atoms with Gasteiger partial charge in [0.05, 0.1) is 12.8 Å². The van der Waals surface area contributed by atoms with Crippen LogP contribution >= 0.6 is 24.8 Å². The van der Waals surface area contributed by atoms with Gasteiger partial charge in [-0.25, -0.2) is 0 Å². The standard InChI is InChI=1S/C20H26N6O2.2ClH/c1-25(2)13-7-12-21-15-16-10-11-18(19(14-16)27-3)28-20-22-23-24-26(20)17-8-5-4-6-9-17;;/h4-6,8-11,14,21H,7,12-13,15H2,1-3H3;2*1H. The highest BCUT2D eigenvalue weighted by atomic mass is 35.5. The fourth-order valence-corrected chi connectivity index (χ4v) is 2.73. The molecule has 0 bridgehead atoms. The Morgan fingerprint density at radius 3 is 2.50 bits per heavy atom. The molecule has 0 saturated carbocycles. The molecule has 0 aliphatic carbocycles. The summed E-state index contributed by atoms with van der Waals surface area (Å²) in [6.07, 6.45) is 1.10. The predicted octanol–water partition coefficient (Wildman–Crippen LogP) is 3.35. The number of nitrogens with one attached hydrogen (secondary N) is 1. The van der Waals surface area contributed by atoms with Crippen molar-refractivity contribution in [2.75, 3.05) is 34.3 Å². The maximum atomic E-state index is 5.93. The lowest BCUT2D eigenvalue weighted by atomic mass is 10.2. The molecule has 0 saturated heterocycles. The summed E-state index contributed by atoms with van der Waals surface area (Å²) >= 11 is 0. The molecule has 0 fully saturated rings. The summed E-state index contributed by atoms with van der Waals surface area (Å²) in [4.78, 5) is 2.18. The van der Waals surface area contributed by atoms with Gasteiger partial charge in [0.15, 0.2) is 11.5 Å². The highest BCUT2D eigenvalue weighted by Crippen LogP contribution is 2.32. The van der Waals surface area contributed by atoms with Gasteiger partial charge >= 0.3 is 6.01 Å². The molecule has 0 unspecified atom stereocenters. The predicted molar refractivity (Wildman–Crippen MR) is 122 cm³/mol. The number of hydrogen-bond donors (Lipinski definition) is 1. The zero-order chi connectivity index (χ0) is 19.8. The van der Waals surface area contributed by atoms with Crippen LogP contribution in [0.3, 0.4) is 0 Å². The van der Waals surface area contributed by atoms with Crippen LogP contribution in [0.25, 0.3) is 5.69 Å². The number of ether oxygens (including phenoxy) is 2. The number of halogens is 2. The molecule has 3 rings (SSSR count). The third-order valence-corrected chi connectivity index (χ3v) is 4.16. The molecule has 0 aliphatic rings. The van der Waals surface area contributed by atoms with Crippen molar-refractivity contribution < 1.29 is 9.47 Å². The van der Waals surface area contributed by atoms with Gasteiger partial charge in [0.2, 0.25) is 0 Å². The van der Waals surface area contributed by atoms with Crippen LogP contribution in [0.1, 0.15) is 12.0 Å². The van der Waals surface area contributed by atoms with Crippen molar-refractivity contribution in [3.63, 3.8) is 0 Å². The fraction of sp³-hybridized carbons (Fsp3) is 0.350. The quantitative estimate of drug-likeness (QED) is 0.470. The summed E-state index contributed by atoms with van der Waals surface area (Å²) in [5.74, 6) is 1.20. The van der Waals surface area contributed by atoms with E-state index in [0.29, 0.717) is 11.5 Å².